The quantitative estimate of drug-likeness (QED) is 0.594. The molecule has 0 spiro atoms. The van der Waals surface area contributed by atoms with Gasteiger partial charge in [0.1, 0.15) is 0 Å². The van der Waals surface area contributed by atoms with E-state index >= 15 is 0 Å². The number of hydrogen-bond donors (Lipinski definition) is 2. The predicted octanol–water partition coefficient (Wildman–Crippen LogP) is 0.736. The van der Waals surface area contributed by atoms with Crippen LogP contribution in [0, 0.1) is 0 Å². The van der Waals surface area contributed by atoms with Crippen LogP contribution < -0.4 is 10.6 Å². The van der Waals surface area contributed by atoms with Crippen molar-refractivity contribution >= 4 is 0 Å². The van der Waals surface area contributed by atoms with Crippen molar-refractivity contribution in [2.45, 2.75) is 38.3 Å². The fourth-order valence-corrected chi connectivity index (χ4v) is 1.65. The van der Waals surface area contributed by atoms with Crippen molar-refractivity contribution in [3.8, 4) is 0 Å². The van der Waals surface area contributed by atoms with Gasteiger partial charge in [-0.1, -0.05) is 6.42 Å². The molecule has 1 saturated heterocycles. The van der Waals surface area contributed by atoms with E-state index in [1.54, 1.807) is 0 Å². The second kappa shape index (κ2) is 3.94. The predicted molar refractivity (Wildman–Crippen MR) is 44.2 cm³/mol. The molecule has 60 valence electrons. The van der Waals surface area contributed by atoms with Crippen molar-refractivity contribution in [3.05, 3.63) is 0 Å². The Morgan fingerprint density at radius 2 is 2.30 bits per heavy atom. The van der Waals surface area contributed by atoms with Crippen LogP contribution in [0.5, 0.6) is 0 Å². The smallest absolute Gasteiger partial charge is 0.0194 e. The lowest BCUT2D eigenvalue weighted by Crippen LogP contribution is -2.45. The SMILES string of the molecule is CNC[C@H]1CCCC(C)N1. The Morgan fingerprint density at radius 1 is 1.50 bits per heavy atom. The van der Waals surface area contributed by atoms with Crippen LogP contribution in [0.1, 0.15) is 26.2 Å². The standard InChI is InChI=1S/C8H18N2/c1-7-4-3-5-8(10-7)6-9-2/h7-10H,3-6H2,1-2H3/t7?,8-/m1/s1. The molecule has 2 N–H and O–H groups in total. The fourth-order valence-electron chi connectivity index (χ4n) is 1.65. The first kappa shape index (κ1) is 8.02. The van der Waals surface area contributed by atoms with E-state index in [1.807, 2.05) is 7.05 Å². The molecule has 0 aromatic carbocycles. The molecular formula is C8H18N2. The summed E-state index contributed by atoms with van der Waals surface area (Å²) in [6, 6.07) is 1.45. The van der Waals surface area contributed by atoms with Crippen LogP contribution in [0.3, 0.4) is 0 Å². The first-order chi connectivity index (χ1) is 4.83. The van der Waals surface area contributed by atoms with E-state index in [2.05, 4.69) is 17.6 Å². The van der Waals surface area contributed by atoms with Gasteiger partial charge in [0.05, 0.1) is 0 Å². The van der Waals surface area contributed by atoms with Gasteiger partial charge in [-0.3, -0.25) is 0 Å². The minimum Gasteiger partial charge on any atom is -0.318 e. The average Bonchev–Trinajstić information content (AvgIpc) is 1.88. The minimum atomic E-state index is 0.716. The lowest BCUT2D eigenvalue weighted by atomic mass is 10.00. The molecule has 0 aromatic heterocycles. The maximum absolute atomic E-state index is 3.55. The van der Waals surface area contributed by atoms with E-state index in [1.165, 1.54) is 19.3 Å². The van der Waals surface area contributed by atoms with Crippen molar-refractivity contribution in [2.24, 2.45) is 0 Å². The lowest BCUT2D eigenvalue weighted by Gasteiger charge is -2.28. The van der Waals surface area contributed by atoms with Crippen LogP contribution in [0.4, 0.5) is 0 Å². The molecular weight excluding hydrogens is 124 g/mol. The molecule has 1 aliphatic rings. The topological polar surface area (TPSA) is 24.1 Å². The maximum atomic E-state index is 3.55. The molecule has 0 aliphatic carbocycles. The first-order valence-electron chi connectivity index (χ1n) is 4.23. The van der Waals surface area contributed by atoms with Gasteiger partial charge in [0, 0.05) is 18.6 Å². The largest absolute Gasteiger partial charge is 0.318 e. The summed E-state index contributed by atoms with van der Waals surface area (Å²) >= 11 is 0. The Kier molecular flexibility index (Phi) is 3.16. The second-order valence-electron chi connectivity index (χ2n) is 3.25. The highest BCUT2D eigenvalue weighted by atomic mass is 15.0. The Morgan fingerprint density at radius 3 is 2.90 bits per heavy atom. The van der Waals surface area contributed by atoms with Gasteiger partial charge in [-0.05, 0) is 26.8 Å². The third-order valence-electron chi connectivity index (χ3n) is 2.16. The Hall–Kier alpha value is -0.0800. The molecule has 1 heterocycles. The first-order valence-corrected chi connectivity index (χ1v) is 4.23. The van der Waals surface area contributed by atoms with Crippen LogP contribution >= 0.6 is 0 Å². The van der Waals surface area contributed by atoms with Crippen LogP contribution in [0.15, 0.2) is 0 Å². The maximum Gasteiger partial charge on any atom is 0.0194 e. The third-order valence-corrected chi connectivity index (χ3v) is 2.16. The summed E-state index contributed by atoms with van der Waals surface area (Å²) in [6.45, 7) is 3.38. The summed E-state index contributed by atoms with van der Waals surface area (Å²) in [4.78, 5) is 0. The molecule has 2 nitrogen and oxygen atoms in total. The summed E-state index contributed by atoms with van der Waals surface area (Å²) in [5.41, 5.74) is 0. The number of piperidine rings is 1. The summed E-state index contributed by atoms with van der Waals surface area (Å²) in [6.07, 6.45) is 4.08. The number of likely N-dealkylation sites (N-methyl/N-ethyl adjacent to an activating group) is 1. The highest BCUT2D eigenvalue weighted by molar-refractivity contribution is 4.78. The number of rotatable bonds is 2. The van der Waals surface area contributed by atoms with Crippen LogP contribution in [-0.4, -0.2) is 25.7 Å². The summed E-state index contributed by atoms with van der Waals surface area (Å²) in [5, 5.41) is 6.75. The third kappa shape index (κ3) is 2.27. The van der Waals surface area contributed by atoms with Gasteiger partial charge < -0.3 is 10.6 Å². The molecule has 2 atom stereocenters. The van der Waals surface area contributed by atoms with Gasteiger partial charge in [-0.25, -0.2) is 0 Å². The molecule has 1 fully saturated rings. The van der Waals surface area contributed by atoms with Crippen molar-refractivity contribution < 1.29 is 0 Å². The Balaban J connectivity index is 2.18. The molecule has 1 aliphatic heterocycles. The molecule has 0 amide bonds. The number of nitrogens with one attached hydrogen (secondary N) is 2. The monoisotopic (exact) mass is 142 g/mol. The average molecular weight is 142 g/mol. The highest BCUT2D eigenvalue weighted by Crippen LogP contribution is 2.10. The van der Waals surface area contributed by atoms with Gasteiger partial charge in [0.25, 0.3) is 0 Å². The van der Waals surface area contributed by atoms with Crippen LogP contribution in [-0.2, 0) is 0 Å². The van der Waals surface area contributed by atoms with E-state index in [-0.39, 0.29) is 0 Å². The molecule has 0 saturated carbocycles. The summed E-state index contributed by atoms with van der Waals surface area (Å²) < 4.78 is 0. The van der Waals surface area contributed by atoms with Crippen molar-refractivity contribution in [1.29, 1.82) is 0 Å². The Labute approximate surface area is 63.4 Å². The molecule has 10 heavy (non-hydrogen) atoms. The normalized spacial score (nSPS) is 34.2. The second-order valence-corrected chi connectivity index (χ2v) is 3.25. The molecule has 0 bridgehead atoms. The van der Waals surface area contributed by atoms with E-state index in [0.29, 0.717) is 6.04 Å². The molecule has 1 rings (SSSR count). The van der Waals surface area contributed by atoms with Crippen molar-refractivity contribution in [3.63, 3.8) is 0 Å². The molecule has 1 unspecified atom stereocenters. The molecule has 2 heteroatoms. The summed E-state index contributed by atoms with van der Waals surface area (Å²) in [7, 11) is 2.01. The van der Waals surface area contributed by atoms with Crippen LogP contribution in [0.25, 0.3) is 0 Å². The van der Waals surface area contributed by atoms with Gasteiger partial charge >= 0.3 is 0 Å². The van der Waals surface area contributed by atoms with Crippen molar-refractivity contribution in [2.75, 3.05) is 13.6 Å². The summed E-state index contributed by atoms with van der Waals surface area (Å²) in [5.74, 6) is 0. The minimum absolute atomic E-state index is 0.716. The van der Waals surface area contributed by atoms with E-state index < -0.39 is 0 Å². The van der Waals surface area contributed by atoms with Gasteiger partial charge in [-0.15, -0.1) is 0 Å². The molecule has 0 aromatic rings. The zero-order valence-electron chi connectivity index (χ0n) is 6.98. The van der Waals surface area contributed by atoms with Gasteiger partial charge in [-0.2, -0.15) is 0 Å². The zero-order valence-corrected chi connectivity index (χ0v) is 6.98. The van der Waals surface area contributed by atoms with Gasteiger partial charge in [0.15, 0.2) is 0 Å². The fraction of sp³-hybridized carbons (Fsp3) is 1.00. The van der Waals surface area contributed by atoms with E-state index in [9.17, 15) is 0 Å². The molecule has 0 radical (unpaired) electrons. The zero-order chi connectivity index (χ0) is 7.40. The Bertz CT molecular complexity index is 91.3. The van der Waals surface area contributed by atoms with Gasteiger partial charge in [0.2, 0.25) is 0 Å². The number of hydrogen-bond acceptors (Lipinski definition) is 2. The van der Waals surface area contributed by atoms with E-state index in [4.69, 9.17) is 0 Å². The van der Waals surface area contributed by atoms with Crippen molar-refractivity contribution in [1.82, 2.24) is 10.6 Å². The lowest BCUT2D eigenvalue weighted by molar-refractivity contribution is 0.329. The highest BCUT2D eigenvalue weighted by Gasteiger charge is 2.15. The van der Waals surface area contributed by atoms with E-state index in [0.717, 1.165) is 12.6 Å². The van der Waals surface area contributed by atoms with Crippen LogP contribution in [0.2, 0.25) is 0 Å².